The van der Waals surface area contributed by atoms with E-state index in [-0.39, 0.29) is 30.2 Å². The first-order valence-electron chi connectivity index (χ1n) is 7.29. The third-order valence-corrected chi connectivity index (χ3v) is 5.10. The molecule has 1 heterocycles. The minimum Gasteiger partial charge on any atom is -0.508 e. The Morgan fingerprint density at radius 1 is 1.27 bits per heavy atom. The number of fused-ring (bicyclic) bond motifs is 3. The van der Waals surface area contributed by atoms with Crippen molar-refractivity contribution in [1.82, 2.24) is 9.97 Å². The zero-order chi connectivity index (χ0) is 13.7. The number of aromatic hydroxyl groups is 1. The van der Waals surface area contributed by atoms with Crippen LogP contribution in [0.2, 0.25) is 0 Å². The fourth-order valence-corrected chi connectivity index (χ4v) is 4.18. The monoisotopic (exact) mass is 338 g/mol. The summed E-state index contributed by atoms with van der Waals surface area (Å²) in [7, 11) is 0. The summed E-state index contributed by atoms with van der Waals surface area (Å²) in [5, 5.41) is 9.87. The first kappa shape index (κ1) is 17.0. The van der Waals surface area contributed by atoms with Gasteiger partial charge in [0.1, 0.15) is 12.1 Å². The number of halogens is 2. The van der Waals surface area contributed by atoms with E-state index >= 15 is 0 Å². The maximum absolute atomic E-state index is 9.87. The maximum atomic E-state index is 9.87. The molecule has 0 fully saturated rings. The molecule has 1 spiro atoms. The van der Waals surface area contributed by atoms with Gasteiger partial charge in [0.05, 0.1) is 0 Å². The normalized spacial score (nSPS) is 24.9. The predicted molar refractivity (Wildman–Crippen MR) is 91.4 cm³/mol. The zero-order valence-electron chi connectivity index (χ0n) is 12.5. The predicted octanol–water partition coefficient (Wildman–Crippen LogP) is 3.96. The van der Waals surface area contributed by atoms with Gasteiger partial charge in [0, 0.05) is 17.3 Å². The molecule has 2 unspecified atom stereocenters. The molecule has 4 rings (SSSR count). The van der Waals surface area contributed by atoms with Crippen LogP contribution in [0.3, 0.4) is 0 Å². The van der Waals surface area contributed by atoms with Crippen LogP contribution in [0.15, 0.2) is 30.7 Å². The summed E-state index contributed by atoms with van der Waals surface area (Å²) in [4.78, 5) is 8.62. The van der Waals surface area contributed by atoms with Crippen LogP contribution in [0.5, 0.6) is 5.75 Å². The number of aromatic nitrogens is 2. The van der Waals surface area contributed by atoms with Gasteiger partial charge in [0.25, 0.3) is 0 Å². The minimum absolute atomic E-state index is 0. The van der Waals surface area contributed by atoms with Gasteiger partial charge >= 0.3 is 0 Å². The van der Waals surface area contributed by atoms with Crippen molar-refractivity contribution < 1.29 is 5.11 Å². The van der Waals surface area contributed by atoms with Crippen LogP contribution in [0.25, 0.3) is 0 Å². The highest BCUT2D eigenvalue weighted by Crippen LogP contribution is 2.52. The second kappa shape index (κ2) is 6.05. The van der Waals surface area contributed by atoms with Gasteiger partial charge in [0.2, 0.25) is 0 Å². The van der Waals surface area contributed by atoms with Gasteiger partial charge in [-0.15, -0.1) is 24.8 Å². The molecule has 0 amide bonds. The van der Waals surface area contributed by atoms with Gasteiger partial charge in [-0.1, -0.05) is 13.0 Å². The summed E-state index contributed by atoms with van der Waals surface area (Å²) in [5.74, 6) is 0.944. The lowest BCUT2D eigenvalue weighted by Crippen LogP contribution is -2.32. The van der Waals surface area contributed by atoms with Crippen molar-refractivity contribution in [2.75, 3.05) is 0 Å². The van der Waals surface area contributed by atoms with E-state index in [2.05, 4.69) is 23.0 Å². The zero-order valence-corrected chi connectivity index (χ0v) is 14.1. The van der Waals surface area contributed by atoms with E-state index in [1.165, 1.54) is 22.4 Å². The molecule has 0 bridgehead atoms. The summed E-state index contributed by atoms with van der Waals surface area (Å²) < 4.78 is 0. The van der Waals surface area contributed by atoms with E-state index in [9.17, 15) is 5.11 Å². The van der Waals surface area contributed by atoms with E-state index in [0.717, 1.165) is 25.7 Å². The van der Waals surface area contributed by atoms with Crippen molar-refractivity contribution >= 4 is 24.8 Å². The van der Waals surface area contributed by atoms with Gasteiger partial charge in [-0.3, -0.25) is 0 Å². The third kappa shape index (κ3) is 2.46. The van der Waals surface area contributed by atoms with Crippen LogP contribution < -0.4 is 0 Å². The van der Waals surface area contributed by atoms with Crippen LogP contribution in [-0.2, 0) is 18.3 Å². The fraction of sp³-hybridized carbons (Fsp3) is 0.412. The molecule has 118 valence electrons. The number of rotatable bonds is 0. The van der Waals surface area contributed by atoms with E-state index in [4.69, 9.17) is 0 Å². The SMILES string of the molecule is CC1CC2(CCc3cncnc3C2)c2cc(O)ccc21.Cl.Cl. The van der Waals surface area contributed by atoms with Crippen LogP contribution in [0, 0.1) is 0 Å². The number of phenols is 1. The van der Waals surface area contributed by atoms with Gasteiger partial charge < -0.3 is 5.11 Å². The lowest BCUT2D eigenvalue weighted by atomic mass is 9.69. The molecule has 0 saturated carbocycles. The van der Waals surface area contributed by atoms with E-state index in [1.807, 2.05) is 18.3 Å². The van der Waals surface area contributed by atoms with Crippen molar-refractivity contribution in [2.24, 2.45) is 0 Å². The Balaban J connectivity index is 0.000000882. The molecule has 2 aliphatic rings. The summed E-state index contributed by atoms with van der Waals surface area (Å²) >= 11 is 0. The Kier molecular flexibility index (Phi) is 4.69. The first-order chi connectivity index (χ1) is 9.68. The van der Waals surface area contributed by atoms with Crippen LogP contribution in [-0.4, -0.2) is 15.1 Å². The van der Waals surface area contributed by atoms with Crippen molar-refractivity contribution in [2.45, 2.75) is 43.9 Å². The average Bonchev–Trinajstić information content (AvgIpc) is 2.71. The van der Waals surface area contributed by atoms with E-state index < -0.39 is 0 Å². The lowest BCUT2D eigenvalue weighted by Gasteiger charge is -2.35. The molecule has 5 heteroatoms. The molecule has 2 atom stereocenters. The van der Waals surface area contributed by atoms with Crippen LogP contribution in [0.4, 0.5) is 0 Å². The molecule has 22 heavy (non-hydrogen) atoms. The first-order valence-corrected chi connectivity index (χ1v) is 7.29. The maximum Gasteiger partial charge on any atom is 0.115 e. The smallest absolute Gasteiger partial charge is 0.115 e. The summed E-state index contributed by atoms with van der Waals surface area (Å²) in [6.07, 6.45) is 7.92. The Labute approximate surface area is 143 Å². The molecular weight excluding hydrogens is 319 g/mol. The van der Waals surface area contributed by atoms with Gasteiger partial charge in [-0.2, -0.15) is 0 Å². The molecule has 0 aliphatic heterocycles. The Hall–Kier alpha value is -1.32. The largest absolute Gasteiger partial charge is 0.508 e. The molecule has 1 aromatic carbocycles. The molecule has 0 saturated heterocycles. The highest BCUT2D eigenvalue weighted by molar-refractivity contribution is 5.85. The van der Waals surface area contributed by atoms with Crippen molar-refractivity contribution in [3.8, 4) is 5.75 Å². The summed E-state index contributed by atoms with van der Waals surface area (Å²) in [6.45, 7) is 2.29. The molecule has 0 radical (unpaired) electrons. The third-order valence-electron chi connectivity index (χ3n) is 5.10. The second-order valence-electron chi connectivity index (χ2n) is 6.33. The highest BCUT2D eigenvalue weighted by Gasteiger charge is 2.44. The molecule has 2 aromatic rings. The van der Waals surface area contributed by atoms with Crippen LogP contribution >= 0.6 is 24.8 Å². The highest BCUT2D eigenvalue weighted by atomic mass is 35.5. The van der Waals surface area contributed by atoms with Crippen molar-refractivity contribution in [3.63, 3.8) is 0 Å². The van der Waals surface area contributed by atoms with Crippen LogP contribution in [0.1, 0.15) is 48.1 Å². The Morgan fingerprint density at radius 2 is 2.09 bits per heavy atom. The quantitative estimate of drug-likeness (QED) is 0.790. The second-order valence-corrected chi connectivity index (χ2v) is 6.33. The molecule has 1 N–H and O–H groups in total. The number of aryl methyl sites for hydroxylation is 1. The van der Waals surface area contributed by atoms with Gasteiger partial charge in [0.15, 0.2) is 0 Å². The van der Waals surface area contributed by atoms with Gasteiger partial charge in [-0.05, 0) is 60.4 Å². The Bertz CT molecular complexity index is 692. The Morgan fingerprint density at radius 3 is 2.91 bits per heavy atom. The molecule has 2 aliphatic carbocycles. The molecular formula is C17H20Cl2N2O. The average molecular weight is 339 g/mol. The van der Waals surface area contributed by atoms with Gasteiger partial charge in [-0.25, -0.2) is 9.97 Å². The van der Waals surface area contributed by atoms with E-state index in [0.29, 0.717) is 11.7 Å². The molecule has 3 nitrogen and oxygen atoms in total. The van der Waals surface area contributed by atoms with Crippen molar-refractivity contribution in [1.29, 1.82) is 0 Å². The number of hydrogen-bond donors (Lipinski definition) is 1. The summed E-state index contributed by atoms with van der Waals surface area (Å²) in [6, 6.07) is 5.89. The lowest BCUT2D eigenvalue weighted by molar-refractivity contribution is 0.347. The fourth-order valence-electron chi connectivity index (χ4n) is 4.18. The number of phenolic OH excluding ortho intramolecular Hbond substituents is 1. The topological polar surface area (TPSA) is 46.0 Å². The summed E-state index contributed by atoms with van der Waals surface area (Å²) in [5.41, 5.74) is 5.39. The number of nitrogens with zero attached hydrogens (tertiary/aromatic N) is 2. The number of hydrogen-bond acceptors (Lipinski definition) is 3. The van der Waals surface area contributed by atoms with Crippen molar-refractivity contribution in [3.05, 3.63) is 53.1 Å². The molecule has 1 aromatic heterocycles. The number of benzene rings is 1. The minimum atomic E-state index is 0. The van der Waals surface area contributed by atoms with E-state index in [1.54, 1.807) is 6.33 Å². The standard InChI is InChI=1S/C17H18N2O.2ClH/c1-11-7-17(15-6-13(20)2-3-14(11)15)5-4-12-9-18-10-19-16(12)8-17;;/h2-3,6,9-11,20H,4-5,7-8H2,1H3;2*1H.